The third-order valence-electron chi connectivity index (χ3n) is 3.36. The van der Waals surface area contributed by atoms with Gasteiger partial charge in [0.1, 0.15) is 11.7 Å². The van der Waals surface area contributed by atoms with Crippen molar-refractivity contribution >= 4 is 11.8 Å². The first-order chi connectivity index (χ1) is 10.6. The average Bonchev–Trinajstić information content (AvgIpc) is 2.52. The van der Waals surface area contributed by atoms with Crippen molar-refractivity contribution in [3.8, 4) is 6.07 Å². The van der Waals surface area contributed by atoms with Crippen molar-refractivity contribution in [3.05, 3.63) is 35.9 Å². The lowest BCUT2D eigenvalue weighted by molar-refractivity contribution is -0.145. The molecule has 2 atom stereocenters. The molecule has 5 nitrogen and oxygen atoms in total. The average molecular weight is 303 g/mol. The van der Waals surface area contributed by atoms with E-state index in [0.717, 1.165) is 5.56 Å². The highest BCUT2D eigenvalue weighted by atomic mass is 16.5. The lowest BCUT2D eigenvalue weighted by Crippen LogP contribution is -2.26. The van der Waals surface area contributed by atoms with Crippen LogP contribution < -0.4 is 0 Å². The van der Waals surface area contributed by atoms with Gasteiger partial charge in [-0.25, -0.2) is 0 Å². The molecule has 0 saturated heterocycles. The van der Waals surface area contributed by atoms with Crippen LogP contribution in [0.2, 0.25) is 0 Å². The Bertz CT molecular complexity index is 521. The monoisotopic (exact) mass is 303 g/mol. The van der Waals surface area contributed by atoms with Gasteiger partial charge in [0.15, 0.2) is 0 Å². The summed E-state index contributed by atoms with van der Waals surface area (Å²) in [5, 5.41) is 9.14. The highest BCUT2D eigenvalue weighted by Gasteiger charge is 2.29. The second-order valence-corrected chi connectivity index (χ2v) is 5.12. The Balaban J connectivity index is 2.52. The molecule has 1 aromatic rings. The third-order valence-corrected chi connectivity index (χ3v) is 3.36. The number of rotatable bonds is 9. The molecule has 22 heavy (non-hydrogen) atoms. The molecule has 1 unspecified atom stereocenters. The Labute approximate surface area is 130 Å². The van der Waals surface area contributed by atoms with E-state index in [1.165, 1.54) is 14.0 Å². The number of hydrogen-bond donors (Lipinski definition) is 0. The van der Waals surface area contributed by atoms with Gasteiger partial charge in [-0.2, -0.15) is 5.26 Å². The summed E-state index contributed by atoms with van der Waals surface area (Å²) in [5.41, 5.74) is 1.05. The molecule has 0 bridgehead atoms. The molecule has 0 amide bonds. The summed E-state index contributed by atoms with van der Waals surface area (Å²) in [7, 11) is 1.24. The van der Waals surface area contributed by atoms with Gasteiger partial charge in [-0.3, -0.25) is 4.79 Å². The maximum atomic E-state index is 11.6. The van der Waals surface area contributed by atoms with Crippen LogP contribution >= 0.6 is 0 Å². The summed E-state index contributed by atoms with van der Waals surface area (Å²) in [6, 6.07) is 11.6. The largest absolute Gasteiger partial charge is 0.468 e. The van der Waals surface area contributed by atoms with Crippen molar-refractivity contribution in [3.63, 3.8) is 0 Å². The number of carbonyl (C=O) groups excluding carboxylic acids is 2. The summed E-state index contributed by atoms with van der Waals surface area (Å²) in [6.45, 7) is 2.29. The SMILES string of the molecule is COC(=O)C(C#N)[C@@H](CCOCc1ccccc1)CC(C)=O. The maximum Gasteiger partial charge on any atom is 0.323 e. The fraction of sp³-hybridized carbons (Fsp3) is 0.471. The van der Waals surface area contributed by atoms with Gasteiger partial charge in [0.2, 0.25) is 0 Å². The van der Waals surface area contributed by atoms with Crippen LogP contribution in [0, 0.1) is 23.2 Å². The molecule has 0 aliphatic rings. The fourth-order valence-electron chi connectivity index (χ4n) is 2.23. The molecule has 118 valence electrons. The predicted octanol–water partition coefficient (Wildman–Crippen LogP) is 2.50. The minimum atomic E-state index is -0.936. The maximum absolute atomic E-state index is 11.6. The number of nitriles is 1. The summed E-state index contributed by atoms with van der Waals surface area (Å²) < 4.78 is 10.2. The molecular formula is C17H21NO4. The highest BCUT2D eigenvalue weighted by molar-refractivity contribution is 5.79. The number of methoxy groups -OCH3 is 1. The zero-order valence-electron chi connectivity index (χ0n) is 13.0. The van der Waals surface area contributed by atoms with Crippen LogP contribution in [0.3, 0.4) is 0 Å². The predicted molar refractivity (Wildman–Crippen MR) is 80.6 cm³/mol. The van der Waals surface area contributed by atoms with Crippen LogP contribution in [-0.4, -0.2) is 25.5 Å². The molecule has 5 heteroatoms. The Hall–Kier alpha value is -2.19. The quantitative estimate of drug-likeness (QED) is 0.517. The van der Waals surface area contributed by atoms with Crippen molar-refractivity contribution < 1.29 is 19.1 Å². The molecule has 0 radical (unpaired) electrons. The minimum absolute atomic E-state index is 0.0581. The van der Waals surface area contributed by atoms with E-state index in [4.69, 9.17) is 10.00 Å². The van der Waals surface area contributed by atoms with Crippen LogP contribution in [0.1, 0.15) is 25.3 Å². The third kappa shape index (κ3) is 6.06. The number of ether oxygens (including phenoxy) is 2. The van der Waals surface area contributed by atoms with Crippen LogP contribution in [0.5, 0.6) is 0 Å². The van der Waals surface area contributed by atoms with Crippen LogP contribution in [0.25, 0.3) is 0 Å². The van der Waals surface area contributed by atoms with E-state index in [-0.39, 0.29) is 18.1 Å². The lowest BCUT2D eigenvalue weighted by Gasteiger charge is -2.19. The van der Waals surface area contributed by atoms with E-state index in [1.807, 2.05) is 36.4 Å². The van der Waals surface area contributed by atoms with Crippen molar-refractivity contribution in [2.45, 2.75) is 26.4 Å². The van der Waals surface area contributed by atoms with E-state index < -0.39 is 11.9 Å². The van der Waals surface area contributed by atoms with Gasteiger partial charge in [0, 0.05) is 13.0 Å². The van der Waals surface area contributed by atoms with Crippen LogP contribution in [-0.2, 0) is 25.7 Å². The van der Waals surface area contributed by atoms with E-state index >= 15 is 0 Å². The Kier molecular flexibility index (Phi) is 7.87. The Morgan fingerprint density at radius 2 is 1.95 bits per heavy atom. The van der Waals surface area contributed by atoms with E-state index in [1.54, 1.807) is 0 Å². The molecule has 0 saturated carbocycles. The minimum Gasteiger partial charge on any atom is -0.468 e. The molecule has 0 aliphatic carbocycles. The van der Waals surface area contributed by atoms with Crippen LogP contribution in [0.15, 0.2) is 30.3 Å². The molecule has 0 aromatic heterocycles. The van der Waals surface area contributed by atoms with Crippen molar-refractivity contribution in [1.82, 2.24) is 0 Å². The van der Waals surface area contributed by atoms with Gasteiger partial charge in [0.25, 0.3) is 0 Å². The number of esters is 1. The standard InChI is InChI=1S/C17H21NO4/c1-13(19)10-15(16(11-18)17(20)21-2)8-9-22-12-14-6-4-3-5-7-14/h3-7,15-16H,8-10,12H2,1-2H3/t15-,16?/m0/s1. The second kappa shape index (κ2) is 9.69. The van der Waals surface area contributed by atoms with Gasteiger partial charge in [-0.1, -0.05) is 30.3 Å². The molecule has 0 fully saturated rings. The molecule has 0 N–H and O–H groups in total. The molecule has 0 heterocycles. The first-order valence-electron chi connectivity index (χ1n) is 7.17. The number of ketones is 1. The van der Waals surface area contributed by atoms with E-state index in [2.05, 4.69) is 4.74 Å². The number of benzene rings is 1. The van der Waals surface area contributed by atoms with Gasteiger partial charge >= 0.3 is 5.97 Å². The second-order valence-electron chi connectivity index (χ2n) is 5.12. The lowest BCUT2D eigenvalue weighted by atomic mass is 9.86. The summed E-state index contributed by atoms with van der Waals surface area (Å²) in [6.07, 6.45) is 0.627. The normalized spacial score (nSPS) is 13.0. The number of carbonyl (C=O) groups is 2. The Morgan fingerprint density at radius 3 is 2.50 bits per heavy atom. The number of nitrogens with zero attached hydrogens (tertiary/aromatic N) is 1. The first kappa shape index (κ1) is 17.9. The molecule has 0 aliphatic heterocycles. The number of hydrogen-bond acceptors (Lipinski definition) is 5. The smallest absolute Gasteiger partial charge is 0.323 e. The molecule has 1 aromatic carbocycles. The zero-order chi connectivity index (χ0) is 16.4. The topological polar surface area (TPSA) is 76.4 Å². The fourth-order valence-corrected chi connectivity index (χ4v) is 2.23. The highest BCUT2D eigenvalue weighted by Crippen LogP contribution is 2.22. The van der Waals surface area contributed by atoms with Crippen molar-refractivity contribution in [1.29, 1.82) is 5.26 Å². The summed E-state index contributed by atoms with van der Waals surface area (Å²) in [5.74, 6) is -1.98. The molecule has 0 spiro atoms. The Morgan fingerprint density at radius 1 is 1.27 bits per heavy atom. The van der Waals surface area contributed by atoms with Crippen molar-refractivity contribution in [2.24, 2.45) is 11.8 Å². The number of Topliss-reactive ketones (excluding diaryl/α,β-unsaturated/α-hetero) is 1. The van der Waals surface area contributed by atoms with Gasteiger partial charge in [-0.15, -0.1) is 0 Å². The summed E-state index contributed by atoms with van der Waals surface area (Å²) in [4.78, 5) is 23.0. The van der Waals surface area contributed by atoms with E-state index in [0.29, 0.717) is 19.6 Å². The van der Waals surface area contributed by atoms with Crippen LogP contribution in [0.4, 0.5) is 0 Å². The van der Waals surface area contributed by atoms with Gasteiger partial charge < -0.3 is 14.3 Å². The van der Waals surface area contributed by atoms with E-state index in [9.17, 15) is 9.59 Å². The van der Waals surface area contributed by atoms with Crippen molar-refractivity contribution in [2.75, 3.05) is 13.7 Å². The zero-order valence-corrected chi connectivity index (χ0v) is 13.0. The van der Waals surface area contributed by atoms with Gasteiger partial charge in [0.05, 0.1) is 19.8 Å². The first-order valence-corrected chi connectivity index (χ1v) is 7.17. The van der Waals surface area contributed by atoms with Gasteiger partial charge in [-0.05, 0) is 24.8 Å². The molecule has 1 rings (SSSR count). The summed E-state index contributed by atoms with van der Waals surface area (Å²) >= 11 is 0. The molecular weight excluding hydrogens is 282 g/mol.